The van der Waals surface area contributed by atoms with E-state index < -0.39 is 60.8 Å². The molecule has 3 atom stereocenters. The number of carbonyl (C=O) groups excluding carboxylic acids is 3. The summed E-state index contributed by atoms with van der Waals surface area (Å²) in [4.78, 5) is 58.8. The van der Waals surface area contributed by atoms with E-state index in [4.69, 9.17) is 21.7 Å². The van der Waals surface area contributed by atoms with Crippen molar-refractivity contribution in [3.05, 3.63) is 35.9 Å². The number of rotatable bonds is 15. The van der Waals surface area contributed by atoms with Crippen LogP contribution in [0.5, 0.6) is 0 Å². The maximum atomic E-state index is 12.6. The summed E-state index contributed by atoms with van der Waals surface area (Å²) >= 11 is 0. The molecule has 0 radical (unpaired) electrons. The lowest BCUT2D eigenvalue weighted by molar-refractivity contribution is -0.147. The summed E-state index contributed by atoms with van der Waals surface area (Å²) in [6.07, 6.45) is 0.865. The lowest BCUT2D eigenvalue weighted by atomic mass is 10.0. The maximum Gasteiger partial charge on any atom is 0.326 e. The average Bonchev–Trinajstić information content (AvgIpc) is 2.76. The van der Waals surface area contributed by atoms with E-state index in [1.54, 1.807) is 0 Å². The molecule has 1 aromatic carbocycles. The fourth-order valence-electron chi connectivity index (χ4n) is 2.91. The molecule has 12 heteroatoms. The summed E-state index contributed by atoms with van der Waals surface area (Å²) in [6.45, 7) is -0.195. The highest BCUT2D eigenvalue weighted by Gasteiger charge is 2.26. The minimum Gasteiger partial charge on any atom is -0.481 e. The highest BCUT2D eigenvalue weighted by molar-refractivity contribution is 5.93. The van der Waals surface area contributed by atoms with Gasteiger partial charge < -0.3 is 37.6 Å². The Morgan fingerprint density at radius 1 is 0.909 bits per heavy atom. The molecule has 0 aromatic heterocycles. The van der Waals surface area contributed by atoms with Gasteiger partial charge in [0.1, 0.15) is 12.1 Å². The first-order chi connectivity index (χ1) is 15.6. The monoisotopic (exact) mass is 465 g/mol. The fourth-order valence-corrected chi connectivity index (χ4v) is 2.91. The largest absolute Gasteiger partial charge is 0.481 e. The Morgan fingerprint density at radius 3 is 2.15 bits per heavy atom. The van der Waals surface area contributed by atoms with Crippen LogP contribution in [0.15, 0.2) is 30.3 Å². The minimum absolute atomic E-state index is 0.255. The first kappa shape index (κ1) is 27.5. The van der Waals surface area contributed by atoms with Gasteiger partial charge in [0.05, 0.1) is 19.0 Å². The van der Waals surface area contributed by atoms with Gasteiger partial charge in [0, 0.05) is 0 Å². The molecule has 0 fully saturated rings. The quantitative estimate of drug-likeness (QED) is 0.147. The number of hydrogen-bond donors (Lipinski definition) is 7. The van der Waals surface area contributed by atoms with Crippen LogP contribution in [0.25, 0.3) is 0 Å². The number of amides is 3. The van der Waals surface area contributed by atoms with Crippen LogP contribution < -0.4 is 27.4 Å². The molecule has 0 aliphatic heterocycles. The molecule has 12 nitrogen and oxygen atoms in total. The lowest BCUT2D eigenvalue weighted by Crippen LogP contribution is -2.54. The van der Waals surface area contributed by atoms with Gasteiger partial charge in [-0.25, -0.2) is 4.79 Å². The van der Waals surface area contributed by atoms with Gasteiger partial charge in [-0.2, -0.15) is 0 Å². The molecule has 1 aromatic rings. The Balaban J connectivity index is 2.67. The number of carboxylic acid groups (broad SMARTS) is 2. The molecule has 33 heavy (non-hydrogen) atoms. The van der Waals surface area contributed by atoms with Gasteiger partial charge in [-0.3, -0.25) is 19.2 Å². The van der Waals surface area contributed by atoms with Crippen molar-refractivity contribution in [3.8, 4) is 0 Å². The number of carboxylic acids is 2. The van der Waals surface area contributed by atoms with Gasteiger partial charge in [0.15, 0.2) is 0 Å². The molecule has 0 spiro atoms. The maximum absolute atomic E-state index is 12.6. The van der Waals surface area contributed by atoms with E-state index in [1.165, 1.54) is 0 Å². The van der Waals surface area contributed by atoms with E-state index in [0.29, 0.717) is 19.4 Å². The number of benzene rings is 1. The third-order valence-corrected chi connectivity index (χ3v) is 4.65. The van der Waals surface area contributed by atoms with Crippen molar-refractivity contribution >= 4 is 29.7 Å². The van der Waals surface area contributed by atoms with Crippen LogP contribution in [0.3, 0.4) is 0 Å². The molecule has 0 saturated heterocycles. The highest BCUT2D eigenvalue weighted by Crippen LogP contribution is 2.05. The predicted octanol–water partition coefficient (Wildman–Crippen LogP) is -1.67. The summed E-state index contributed by atoms with van der Waals surface area (Å²) < 4.78 is 0. The number of unbranched alkanes of at least 4 members (excludes halogenated alkanes) is 1. The Labute approximate surface area is 191 Å². The van der Waals surface area contributed by atoms with Crippen molar-refractivity contribution in [1.29, 1.82) is 0 Å². The zero-order valence-electron chi connectivity index (χ0n) is 18.2. The van der Waals surface area contributed by atoms with Gasteiger partial charge in [-0.15, -0.1) is 0 Å². The molecular formula is C21H31N5O7. The van der Waals surface area contributed by atoms with Crippen molar-refractivity contribution in [2.45, 2.75) is 50.2 Å². The SMILES string of the molecule is NCCCCC(NC(=O)C(N)Cc1ccccc1)C(=O)NCC(=O)NC(CC(=O)O)C(=O)O. The van der Waals surface area contributed by atoms with Gasteiger partial charge in [0.25, 0.3) is 0 Å². The van der Waals surface area contributed by atoms with Crippen LogP contribution in [-0.2, 0) is 30.4 Å². The summed E-state index contributed by atoms with van der Waals surface area (Å²) in [5.41, 5.74) is 12.3. The van der Waals surface area contributed by atoms with Gasteiger partial charge in [0.2, 0.25) is 17.7 Å². The Hall–Kier alpha value is -3.51. The summed E-state index contributed by atoms with van der Waals surface area (Å²) in [5.74, 6) is -5.00. The van der Waals surface area contributed by atoms with E-state index in [2.05, 4.69) is 10.6 Å². The molecule has 0 aliphatic rings. The Kier molecular flexibility index (Phi) is 12.1. The zero-order valence-corrected chi connectivity index (χ0v) is 18.2. The zero-order chi connectivity index (χ0) is 24.8. The lowest BCUT2D eigenvalue weighted by Gasteiger charge is -2.21. The first-order valence-corrected chi connectivity index (χ1v) is 10.5. The topological polar surface area (TPSA) is 214 Å². The number of nitrogens with two attached hydrogens (primary N) is 2. The van der Waals surface area contributed by atoms with Gasteiger partial charge in [-0.1, -0.05) is 30.3 Å². The van der Waals surface area contributed by atoms with Crippen LogP contribution in [0.2, 0.25) is 0 Å². The van der Waals surface area contributed by atoms with Gasteiger partial charge >= 0.3 is 11.9 Å². The molecule has 9 N–H and O–H groups in total. The third kappa shape index (κ3) is 11.1. The number of hydrogen-bond acceptors (Lipinski definition) is 7. The van der Waals surface area contributed by atoms with Crippen molar-refractivity contribution in [2.75, 3.05) is 13.1 Å². The number of nitrogens with one attached hydrogen (secondary N) is 3. The molecule has 3 amide bonds. The van der Waals surface area contributed by atoms with Crippen LogP contribution >= 0.6 is 0 Å². The molecule has 0 saturated carbocycles. The van der Waals surface area contributed by atoms with E-state index in [-0.39, 0.29) is 12.8 Å². The first-order valence-electron chi connectivity index (χ1n) is 10.5. The van der Waals surface area contributed by atoms with Crippen molar-refractivity contribution < 1.29 is 34.2 Å². The van der Waals surface area contributed by atoms with Crippen LogP contribution in [-0.4, -0.2) is 71.1 Å². The number of aliphatic carboxylic acids is 2. The second kappa shape index (κ2) is 14.5. The molecule has 3 unspecified atom stereocenters. The van der Waals surface area contributed by atoms with Crippen LogP contribution in [0.1, 0.15) is 31.2 Å². The minimum atomic E-state index is -1.64. The van der Waals surface area contributed by atoms with Crippen LogP contribution in [0, 0.1) is 0 Å². The number of carbonyl (C=O) groups is 5. The summed E-state index contributed by atoms with van der Waals surface area (Å²) in [7, 11) is 0. The Morgan fingerprint density at radius 2 is 1.58 bits per heavy atom. The fraction of sp³-hybridized carbons (Fsp3) is 0.476. The predicted molar refractivity (Wildman–Crippen MR) is 118 cm³/mol. The van der Waals surface area contributed by atoms with Gasteiger partial charge in [-0.05, 0) is 37.8 Å². The molecule has 0 heterocycles. The molecule has 182 valence electrons. The summed E-state index contributed by atoms with van der Waals surface area (Å²) in [5, 5.41) is 24.6. The normalized spacial score (nSPS) is 13.3. The Bertz CT molecular complexity index is 818. The van der Waals surface area contributed by atoms with Crippen molar-refractivity contribution in [2.24, 2.45) is 11.5 Å². The van der Waals surface area contributed by atoms with E-state index in [0.717, 1.165) is 5.56 Å². The molecule has 0 bridgehead atoms. The second-order valence-corrected chi connectivity index (χ2v) is 7.42. The second-order valence-electron chi connectivity index (χ2n) is 7.42. The van der Waals surface area contributed by atoms with Crippen molar-refractivity contribution in [1.82, 2.24) is 16.0 Å². The van der Waals surface area contributed by atoms with E-state index >= 15 is 0 Å². The highest BCUT2D eigenvalue weighted by atomic mass is 16.4. The van der Waals surface area contributed by atoms with Crippen LogP contribution in [0.4, 0.5) is 0 Å². The van der Waals surface area contributed by atoms with Crippen molar-refractivity contribution in [3.63, 3.8) is 0 Å². The molecule has 0 aliphatic carbocycles. The molecular weight excluding hydrogens is 434 g/mol. The third-order valence-electron chi connectivity index (χ3n) is 4.65. The van der Waals surface area contributed by atoms with E-state index in [9.17, 15) is 24.0 Å². The average molecular weight is 466 g/mol. The summed E-state index contributed by atoms with van der Waals surface area (Å²) in [6, 6.07) is 5.61. The smallest absolute Gasteiger partial charge is 0.326 e. The molecule has 1 rings (SSSR count). The standard InChI is InChI=1S/C21H31N5O7/c22-9-5-4-8-15(26-19(30)14(23)10-13-6-2-1-3-7-13)20(31)24-12-17(27)25-16(21(32)33)11-18(28)29/h1-3,6-7,14-16H,4-5,8-12,22-23H2,(H,24,31)(H,25,27)(H,26,30)(H,28,29)(H,32,33). The van der Waals surface area contributed by atoms with E-state index in [1.807, 2.05) is 35.6 Å².